The van der Waals surface area contributed by atoms with Crippen molar-refractivity contribution in [3.63, 3.8) is 0 Å². The molecular formula is C14H15N5. The molecule has 0 saturated heterocycles. The molecule has 5 nitrogen and oxygen atoms in total. The van der Waals surface area contributed by atoms with Crippen molar-refractivity contribution in [1.82, 2.24) is 14.9 Å². The van der Waals surface area contributed by atoms with E-state index in [0.717, 1.165) is 23.5 Å². The van der Waals surface area contributed by atoms with E-state index in [1.807, 2.05) is 43.6 Å². The number of nitrogen functional groups attached to an aromatic ring is 1. The van der Waals surface area contributed by atoms with E-state index in [1.165, 1.54) is 0 Å². The monoisotopic (exact) mass is 253 g/mol. The van der Waals surface area contributed by atoms with Crippen LogP contribution in [0.5, 0.6) is 0 Å². The third-order valence-electron chi connectivity index (χ3n) is 3.03. The van der Waals surface area contributed by atoms with Gasteiger partial charge in [-0.15, -0.1) is 0 Å². The largest absolute Gasteiger partial charge is 0.383 e. The molecule has 3 N–H and O–H groups in total. The summed E-state index contributed by atoms with van der Waals surface area (Å²) in [5.74, 6) is 2.03. The quantitative estimate of drug-likeness (QED) is 0.859. The molecule has 0 aliphatic carbocycles. The van der Waals surface area contributed by atoms with Gasteiger partial charge in [-0.25, -0.2) is 9.97 Å². The first-order valence-corrected chi connectivity index (χ1v) is 6.08. The summed E-state index contributed by atoms with van der Waals surface area (Å²) in [4.78, 5) is 10.7. The molecule has 0 fully saturated rings. The van der Waals surface area contributed by atoms with E-state index in [4.69, 9.17) is 5.73 Å². The van der Waals surface area contributed by atoms with Gasteiger partial charge in [0.25, 0.3) is 0 Å². The number of aromatic nitrogens is 2. The molecule has 0 bridgehead atoms. The lowest BCUT2D eigenvalue weighted by molar-refractivity contribution is 0.448. The Balaban J connectivity index is 1.94. The summed E-state index contributed by atoms with van der Waals surface area (Å²) in [6.07, 6.45) is 5.81. The highest BCUT2D eigenvalue weighted by Crippen LogP contribution is 2.26. The van der Waals surface area contributed by atoms with Crippen LogP contribution in [-0.4, -0.2) is 21.9 Å². The summed E-state index contributed by atoms with van der Waals surface area (Å²) in [7, 11) is 2.01. The van der Waals surface area contributed by atoms with Gasteiger partial charge in [-0.3, -0.25) is 0 Å². The average Bonchev–Trinajstić information content (AvgIpc) is 2.41. The van der Waals surface area contributed by atoms with Crippen molar-refractivity contribution < 1.29 is 0 Å². The fourth-order valence-electron chi connectivity index (χ4n) is 2.07. The molecule has 3 rings (SSSR count). The molecule has 3 heterocycles. The van der Waals surface area contributed by atoms with Crippen molar-refractivity contribution in [1.29, 1.82) is 0 Å². The Hall–Kier alpha value is -2.56. The van der Waals surface area contributed by atoms with E-state index >= 15 is 0 Å². The Morgan fingerprint density at radius 3 is 3.00 bits per heavy atom. The van der Waals surface area contributed by atoms with Crippen LogP contribution >= 0.6 is 0 Å². The average molecular weight is 253 g/mol. The van der Waals surface area contributed by atoms with Crippen molar-refractivity contribution >= 4 is 23.5 Å². The Kier molecular flexibility index (Phi) is 2.79. The molecule has 1 aliphatic heterocycles. The SMILES string of the molecule is CN1C=Cc2cc(Nc3ccccn3)nc(N)c2C1. The van der Waals surface area contributed by atoms with Crippen LogP contribution in [0, 0.1) is 0 Å². The number of rotatable bonds is 2. The summed E-state index contributed by atoms with van der Waals surface area (Å²) in [5.41, 5.74) is 8.19. The second-order valence-corrected chi connectivity index (χ2v) is 4.53. The topological polar surface area (TPSA) is 67.1 Å². The van der Waals surface area contributed by atoms with E-state index < -0.39 is 0 Å². The van der Waals surface area contributed by atoms with Crippen LogP contribution in [0.4, 0.5) is 17.5 Å². The van der Waals surface area contributed by atoms with E-state index in [9.17, 15) is 0 Å². The van der Waals surface area contributed by atoms with Gasteiger partial charge in [-0.2, -0.15) is 0 Å². The number of nitrogens with two attached hydrogens (primary N) is 1. The minimum atomic E-state index is 0.562. The van der Waals surface area contributed by atoms with Crippen LogP contribution in [0.25, 0.3) is 6.08 Å². The van der Waals surface area contributed by atoms with Crippen molar-refractivity contribution in [2.75, 3.05) is 18.1 Å². The zero-order valence-electron chi connectivity index (χ0n) is 10.7. The molecule has 0 atom stereocenters. The van der Waals surface area contributed by atoms with E-state index in [1.54, 1.807) is 6.20 Å². The molecule has 0 aromatic carbocycles. The predicted octanol–water partition coefficient (Wildman–Crippen LogP) is 2.22. The smallest absolute Gasteiger partial charge is 0.134 e. The molecule has 0 unspecified atom stereocenters. The molecule has 0 amide bonds. The van der Waals surface area contributed by atoms with Gasteiger partial charge in [0.1, 0.15) is 17.5 Å². The minimum Gasteiger partial charge on any atom is -0.383 e. The van der Waals surface area contributed by atoms with Crippen LogP contribution in [0.1, 0.15) is 11.1 Å². The van der Waals surface area contributed by atoms with Crippen LogP contribution in [0.15, 0.2) is 36.7 Å². The lowest BCUT2D eigenvalue weighted by Gasteiger charge is -2.22. The molecule has 19 heavy (non-hydrogen) atoms. The maximum Gasteiger partial charge on any atom is 0.134 e. The fourth-order valence-corrected chi connectivity index (χ4v) is 2.07. The maximum atomic E-state index is 6.03. The highest BCUT2D eigenvalue weighted by molar-refractivity contribution is 5.67. The summed E-state index contributed by atoms with van der Waals surface area (Å²) in [6.45, 7) is 0.786. The van der Waals surface area contributed by atoms with E-state index in [2.05, 4.69) is 20.2 Å². The van der Waals surface area contributed by atoms with Crippen molar-refractivity contribution in [3.05, 3.63) is 47.8 Å². The Morgan fingerprint density at radius 1 is 1.32 bits per heavy atom. The van der Waals surface area contributed by atoms with Gasteiger partial charge in [0, 0.05) is 25.4 Å². The molecule has 96 valence electrons. The predicted molar refractivity (Wildman–Crippen MR) is 76.7 cm³/mol. The Morgan fingerprint density at radius 2 is 2.21 bits per heavy atom. The van der Waals surface area contributed by atoms with Crippen LogP contribution in [0.2, 0.25) is 0 Å². The van der Waals surface area contributed by atoms with Gasteiger partial charge in [-0.05, 0) is 36.0 Å². The standard InChI is InChI=1S/C14H15N5/c1-19-7-5-10-8-13(18-14(15)11(10)9-19)17-12-4-2-3-6-16-12/h2-8H,9H2,1H3,(H3,15,16,17,18). The zero-order chi connectivity index (χ0) is 13.2. The molecule has 0 spiro atoms. The lowest BCUT2D eigenvalue weighted by atomic mass is 10.1. The lowest BCUT2D eigenvalue weighted by Crippen LogP contribution is -2.17. The Labute approximate surface area is 111 Å². The summed E-state index contributed by atoms with van der Waals surface area (Å²) < 4.78 is 0. The van der Waals surface area contributed by atoms with Crippen molar-refractivity contribution in [3.8, 4) is 0 Å². The summed E-state index contributed by atoms with van der Waals surface area (Å²) in [6, 6.07) is 7.68. The van der Waals surface area contributed by atoms with Gasteiger partial charge in [0.2, 0.25) is 0 Å². The van der Waals surface area contributed by atoms with Crippen LogP contribution in [-0.2, 0) is 6.54 Å². The minimum absolute atomic E-state index is 0.562. The third kappa shape index (κ3) is 2.35. The first-order chi connectivity index (χ1) is 9.22. The summed E-state index contributed by atoms with van der Waals surface area (Å²) in [5, 5.41) is 3.16. The van der Waals surface area contributed by atoms with Gasteiger partial charge in [-0.1, -0.05) is 6.07 Å². The molecular weight excluding hydrogens is 238 g/mol. The van der Waals surface area contributed by atoms with Gasteiger partial charge >= 0.3 is 0 Å². The van der Waals surface area contributed by atoms with Gasteiger partial charge in [0.15, 0.2) is 0 Å². The van der Waals surface area contributed by atoms with Crippen molar-refractivity contribution in [2.45, 2.75) is 6.54 Å². The van der Waals surface area contributed by atoms with Gasteiger partial charge in [0.05, 0.1) is 0 Å². The van der Waals surface area contributed by atoms with Crippen LogP contribution in [0.3, 0.4) is 0 Å². The molecule has 2 aromatic rings. The van der Waals surface area contributed by atoms with Crippen molar-refractivity contribution in [2.24, 2.45) is 0 Å². The molecule has 0 radical (unpaired) electrons. The first kappa shape index (κ1) is 11.5. The normalized spacial score (nSPS) is 13.2. The number of hydrogen-bond donors (Lipinski definition) is 2. The number of hydrogen-bond acceptors (Lipinski definition) is 5. The highest BCUT2D eigenvalue weighted by atomic mass is 15.1. The molecule has 5 heteroatoms. The highest BCUT2D eigenvalue weighted by Gasteiger charge is 2.13. The van der Waals surface area contributed by atoms with Gasteiger partial charge < -0.3 is 16.0 Å². The first-order valence-electron chi connectivity index (χ1n) is 6.08. The van der Waals surface area contributed by atoms with E-state index in [-0.39, 0.29) is 0 Å². The number of nitrogens with one attached hydrogen (secondary N) is 1. The second-order valence-electron chi connectivity index (χ2n) is 4.53. The van der Waals surface area contributed by atoms with Crippen LogP contribution < -0.4 is 11.1 Å². The zero-order valence-corrected chi connectivity index (χ0v) is 10.7. The Bertz CT molecular complexity index is 621. The second kappa shape index (κ2) is 4.61. The maximum absolute atomic E-state index is 6.03. The molecule has 2 aromatic heterocycles. The number of nitrogens with zero attached hydrogens (tertiary/aromatic N) is 3. The molecule has 0 saturated carbocycles. The number of pyridine rings is 2. The summed E-state index contributed by atoms with van der Waals surface area (Å²) >= 11 is 0. The third-order valence-corrected chi connectivity index (χ3v) is 3.03. The fraction of sp³-hybridized carbons (Fsp3) is 0.143. The number of anilines is 3. The molecule has 1 aliphatic rings. The van der Waals surface area contributed by atoms with E-state index in [0.29, 0.717) is 11.6 Å². The number of fused-ring (bicyclic) bond motifs is 1.